The van der Waals surface area contributed by atoms with Crippen LogP contribution in [0.15, 0.2) is 48.7 Å². The Hall–Kier alpha value is -2.40. The molecule has 0 unspecified atom stereocenters. The molecule has 5 heteroatoms. The third kappa shape index (κ3) is 6.57. The predicted octanol–water partition coefficient (Wildman–Crippen LogP) is 3.64. The fourth-order valence-electron chi connectivity index (χ4n) is 3.68. The monoisotopic (exact) mass is 394 g/mol. The number of pyridine rings is 1. The predicted molar refractivity (Wildman–Crippen MR) is 119 cm³/mol. The van der Waals surface area contributed by atoms with Gasteiger partial charge in [-0.25, -0.2) is 0 Å². The van der Waals surface area contributed by atoms with Crippen LogP contribution < -0.4 is 15.5 Å². The number of hydrogen-bond acceptors (Lipinski definition) is 4. The van der Waals surface area contributed by atoms with Crippen LogP contribution in [0.4, 0.5) is 5.69 Å². The lowest BCUT2D eigenvalue weighted by molar-refractivity contribution is -0.121. The topological polar surface area (TPSA) is 57.3 Å². The first kappa shape index (κ1) is 21.3. The molecule has 0 spiro atoms. The van der Waals surface area contributed by atoms with Crippen molar-refractivity contribution in [2.45, 2.75) is 58.0 Å². The smallest absolute Gasteiger partial charge is 0.221 e. The summed E-state index contributed by atoms with van der Waals surface area (Å²) in [6.07, 6.45) is 4.46. The molecule has 1 aliphatic heterocycles. The Kier molecular flexibility index (Phi) is 7.26. The molecular formula is C24H34N4O. The van der Waals surface area contributed by atoms with Gasteiger partial charge in [0.15, 0.2) is 0 Å². The highest BCUT2D eigenvalue weighted by Gasteiger charge is 2.20. The molecule has 29 heavy (non-hydrogen) atoms. The van der Waals surface area contributed by atoms with Crippen LogP contribution in [0.5, 0.6) is 0 Å². The van der Waals surface area contributed by atoms with Gasteiger partial charge >= 0.3 is 0 Å². The number of anilines is 1. The molecule has 0 bridgehead atoms. The minimum Gasteiger partial charge on any atom is -0.371 e. The van der Waals surface area contributed by atoms with Crippen molar-refractivity contribution in [1.82, 2.24) is 15.6 Å². The van der Waals surface area contributed by atoms with Crippen LogP contribution in [0.3, 0.4) is 0 Å². The minimum atomic E-state index is 0.0690. The zero-order chi connectivity index (χ0) is 20.7. The Bertz CT molecular complexity index is 760. The first-order valence-electron chi connectivity index (χ1n) is 10.7. The van der Waals surface area contributed by atoms with Crippen molar-refractivity contribution in [3.05, 3.63) is 59.9 Å². The molecule has 2 N–H and O–H groups in total. The molecule has 3 rings (SSSR count). The molecule has 0 aliphatic carbocycles. The van der Waals surface area contributed by atoms with Gasteiger partial charge < -0.3 is 15.5 Å². The van der Waals surface area contributed by atoms with Crippen molar-refractivity contribution < 1.29 is 4.79 Å². The highest BCUT2D eigenvalue weighted by molar-refractivity contribution is 5.76. The summed E-state index contributed by atoms with van der Waals surface area (Å²) in [5.41, 5.74) is 3.76. The van der Waals surface area contributed by atoms with Crippen molar-refractivity contribution >= 4 is 11.6 Å². The van der Waals surface area contributed by atoms with E-state index in [1.165, 1.54) is 11.3 Å². The Labute approximate surface area is 174 Å². The van der Waals surface area contributed by atoms with Gasteiger partial charge in [0.2, 0.25) is 5.91 Å². The number of nitrogens with zero attached hydrogens (tertiary/aromatic N) is 2. The van der Waals surface area contributed by atoms with Gasteiger partial charge in [0.25, 0.3) is 0 Å². The van der Waals surface area contributed by atoms with Crippen LogP contribution in [0.25, 0.3) is 0 Å². The molecule has 1 fully saturated rings. The van der Waals surface area contributed by atoms with Crippen LogP contribution in [0.2, 0.25) is 0 Å². The second kappa shape index (κ2) is 9.88. The lowest BCUT2D eigenvalue weighted by Gasteiger charge is -2.34. The van der Waals surface area contributed by atoms with Gasteiger partial charge in [0.1, 0.15) is 0 Å². The molecule has 1 amide bonds. The molecule has 2 aromatic rings. The van der Waals surface area contributed by atoms with Gasteiger partial charge in [-0.15, -0.1) is 0 Å². The fourth-order valence-corrected chi connectivity index (χ4v) is 3.68. The van der Waals surface area contributed by atoms with E-state index in [4.69, 9.17) is 0 Å². The Morgan fingerprint density at radius 3 is 2.45 bits per heavy atom. The van der Waals surface area contributed by atoms with Gasteiger partial charge in [0, 0.05) is 44.0 Å². The number of carbonyl (C=O) groups excluding carboxylic acids is 1. The van der Waals surface area contributed by atoms with E-state index in [9.17, 15) is 4.79 Å². The third-order valence-corrected chi connectivity index (χ3v) is 5.57. The number of nitrogens with one attached hydrogen (secondary N) is 2. The number of benzene rings is 1. The number of amides is 1. The molecule has 1 aromatic carbocycles. The molecule has 1 aliphatic rings. The van der Waals surface area contributed by atoms with Crippen LogP contribution >= 0.6 is 0 Å². The van der Waals surface area contributed by atoms with Gasteiger partial charge in [-0.05, 0) is 48.1 Å². The zero-order valence-electron chi connectivity index (χ0n) is 17.9. The SMILES string of the molecule is CC(C)(C)c1ccc(N2CCC(NCCC(=O)NCc3ccccn3)CC2)cc1. The standard InChI is InChI=1S/C24H34N4O/c1-24(2,3)19-7-9-22(10-8-19)28-16-12-20(13-17-28)26-15-11-23(29)27-18-21-6-4-5-14-25-21/h4-10,14,20,26H,11-13,15-18H2,1-3H3,(H,27,29). The first-order chi connectivity index (χ1) is 13.9. The van der Waals surface area contributed by atoms with E-state index in [1.807, 2.05) is 18.2 Å². The molecular weight excluding hydrogens is 360 g/mol. The first-order valence-corrected chi connectivity index (χ1v) is 10.7. The maximum atomic E-state index is 12.0. The second-order valence-electron chi connectivity index (χ2n) is 8.86. The molecule has 1 saturated heterocycles. The minimum absolute atomic E-state index is 0.0690. The van der Waals surface area contributed by atoms with Gasteiger partial charge in [-0.2, -0.15) is 0 Å². The maximum Gasteiger partial charge on any atom is 0.221 e. The second-order valence-corrected chi connectivity index (χ2v) is 8.86. The quantitative estimate of drug-likeness (QED) is 0.753. The average molecular weight is 395 g/mol. The van der Waals surface area contributed by atoms with Gasteiger partial charge in [-0.3, -0.25) is 9.78 Å². The Balaban J connectivity index is 1.34. The number of aromatic nitrogens is 1. The molecule has 0 saturated carbocycles. The summed E-state index contributed by atoms with van der Waals surface area (Å²) >= 11 is 0. The van der Waals surface area contributed by atoms with Crippen molar-refractivity contribution in [3.8, 4) is 0 Å². The summed E-state index contributed by atoms with van der Waals surface area (Å²) in [6.45, 7) is 10.1. The van der Waals surface area contributed by atoms with Crippen LogP contribution in [-0.4, -0.2) is 36.6 Å². The fraction of sp³-hybridized carbons (Fsp3) is 0.500. The zero-order valence-corrected chi connectivity index (χ0v) is 17.9. The average Bonchev–Trinajstić information content (AvgIpc) is 2.73. The van der Waals surface area contributed by atoms with E-state index in [1.54, 1.807) is 6.20 Å². The van der Waals surface area contributed by atoms with Crippen molar-refractivity contribution in [3.63, 3.8) is 0 Å². The van der Waals surface area contributed by atoms with Crippen molar-refractivity contribution in [2.24, 2.45) is 0 Å². The number of carbonyl (C=O) groups is 1. The summed E-state index contributed by atoms with van der Waals surface area (Å²) in [6, 6.07) is 15.2. The van der Waals surface area contributed by atoms with E-state index in [-0.39, 0.29) is 11.3 Å². The maximum absolute atomic E-state index is 12.0. The van der Waals surface area contributed by atoms with Crippen LogP contribution in [0, 0.1) is 0 Å². The van der Waals surface area contributed by atoms with Gasteiger partial charge in [-0.1, -0.05) is 39.0 Å². The lowest BCUT2D eigenvalue weighted by Crippen LogP contribution is -2.43. The number of hydrogen-bond donors (Lipinski definition) is 2. The molecule has 1 aromatic heterocycles. The normalized spacial score (nSPS) is 15.3. The van der Waals surface area contributed by atoms with E-state index >= 15 is 0 Å². The molecule has 0 radical (unpaired) electrons. The number of piperidine rings is 1. The summed E-state index contributed by atoms with van der Waals surface area (Å²) in [5, 5.41) is 6.48. The van der Waals surface area contributed by atoms with Crippen LogP contribution in [-0.2, 0) is 16.8 Å². The van der Waals surface area contributed by atoms with Gasteiger partial charge in [0.05, 0.1) is 12.2 Å². The summed E-state index contributed by atoms with van der Waals surface area (Å²) in [7, 11) is 0. The molecule has 5 nitrogen and oxygen atoms in total. The lowest BCUT2D eigenvalue weighted by atomic mass is 9.87. The third-order valence-electron chi connectivity index (χ3n) is 5.57. The van der Waals surface area contributed by atoms with Crippen LogP contribution in [0.1, 0.15) is 51.3 Å². The summed E-state index contributed by atoms with van der Waals surface area (Å²) < 4.78 is 0. The Morgan fingerprint density at radius 2 is 1.83 bits per heavy atom. The highest BCUT2D eigenvalue weighted by atomic mass is 16.1. The molecule has 2 heterocycles. The number of rotatable bonds is 7. The van der Waals surface area contributed by atoms with E-state index < -0.39 is 0 Å². The summed E-state index contributed by atoms with van der Waals surface area (Å²) in [5.74, 6) is 0.0690. The largest absolute Gasteiger partial charge is 0.371 e. The van der Waals surface area contributed by atoms with E-state index in [2.05, 4.69) is 65.6 Å². The van der Waals surface area contributed by atoms with E-state index in [0.29, 0.717) is 19.0 Å². The highest BCUT2D eigenvalue weighted by Crippen LogP contribution is 2.26. The van der Waals surface area contributed by atoms with E-state index in [0.717, 1.165) is 38.2 Å². The van der Waals surface area contributed by atoms with Crippen molar-refractivity contribution in [1.29, 1.82) is 0 Å². The summed E-state index contributed by atoms with van der Waals surface area (Å²) in [4.78, 5) is 18.7. The Morgan fingerprint density at radius 1 is 1.10 bits per heavy atom. The molecule has 156 valence electrons. The van der Waals surface area contributed by atoms with Crippen molar-refractivity contribution in [2.75, 3.05) is 24.5 Å². The molecule has 0 atom stereocenters.